The van der Waals surface area contributed by atoms with Crippen LogP contribution in [0.15, 0.2) is 18.2 Å². The predicted octanol–water partition coefficient (Wildman–Crippen LogP) is 1.39. The van der Waals surface area contributed by atoms with E-state index < -0.39 is 0 Å². The van der Waals surface area contributed by atoms with Crippen LogP contribution in [0.3, 0.4) is 0 Å². The molecular formula is C15H21N3O2. The Balaban J connectivity index is 2.14. The fourth-order valence-corrected chi connectivity index (χ4v) is 2.36. The Hall–Kier alpha value is -2.04. The average molecular weight is 275 g/mol. The van der Waals surface area contributed by atoms with Crippen LogP contribution >= 0.6 is 0 Å². The molecule has 1 aromatic carbocycles. The van der Waals surface area contributed by atoms with E-state index in [0.29, 0.717) is 31.6 Å². The smallest absolute Gasteiger partial charge is 0.254 e. The topological polar surface area (TPSA) is 61.4 Å². The molecule has 0 unspecified atom stereocenters. The van der Waals surface area contributed by atoms with E-state index in [4.69, 9.17) is 0 Å². The number of nitrogens with zero attached hydrogens (tertiary/aromatic N) is 1. The highest BCUT2D eigenvalue weighted by Crippen LogP contribution is 2.17. The van der Waals surface area contributed by atoms with Gasteiger partial charge < -0.3 is 15.5 Å². The zero-order valence-electron chi connectivity index (χ0n) is 12.0. The molecule has 1 saturated heterocycles. The molecule has 5 heteroatoms. The number of amides is 2. The van der Waals surface area contributed by atoms with Crippen molar-refractivity contribution >= 4 is 17.5 Å². The Morgan fingerprint density at radius 3 is 2.90 bits per heavy atom. The van der Waals surface area contributed by atoms with Crippen molar-refractivity contribution in [2.45, 2.75) is 20.3 Å². The van der Waals surface area contributed by atoms with Gasteiger partial charge >= 0.3 is 0 Å². The minimum Gasteiger partial charge on any atom is -0.385 e. The summed E-state index contributed by atoms with van der Waals surface area (Å²) >= 11 is 0. The second-order valence-electron chi connectivity index (χ2n) is 4.95. The van der Waals surface area contributed by atoms with E-state index in [1.54, 1.807) is 4.90 Å². The lowest BCUT2D eigenvalue weighted by atomic mass is 10.1. The van der Waals surface area contributed by atoms with Gasteiger partial charge in [0.2, 0.25) is 5.91 Å². The number of carbonyl (C=O) groups is 2. The van der Waals surface area contributed by atoms with Crippen molar-refractivity contribution in [3.8, 4) is 0 Å². The number of benzene rings is 1. The van der Waals surface area contributed by atoms with Crippen LogP contribution in [0.25, 0.3) is 0 Å². The molecule has 0 aromatic heterocycles. The van der Waals surface area contributed by atoms with Gasteiger partial charge in [-0.25, -0.2) is 0 Å². The highest BCUT2D eigenvalue weighted by Gasteiger charge is 2.20. The van der Waals surface area contributed by atoms with Crippen molar-refractivity contribution in [2.75, 3.05) is 31.5 Å². The van der Waals surface area contributed by atoms with Gasteiger partial charge in [-0.15, -0.1) is 0 Å². The first-order valence-electron chi connectivity index (χ1n) is 7.02. The number of hydrogen-bond donors (Lipinski definition) is 2. The van der Waals surface area contributed by atoms with Crippen LogP contribution in [0.1, 0.15) is 29.3 Å². The molecule has 1 heterocycles. The summed E-state index contributed by atoms with van der Waals surface area (Å²) < 4.78 is 0. The fourth-order valence-electron chi connectivity index (χ4n) is 2.36. The Morgan fingerprint density at radius 2 is 2.20 bits per heavy atom. The molecule has 1 aromatic rings. The second-order valence-corrected chi connectivity index (χ2v) is 4.95. The van der Waals surface area contributed by atoms with Crippen LogP contribution in [0.2, 0.25) is 0 Å². The molecule has 0 saturated carbocycles. The van der Waals surface area contributed by atoms with E-state index in [-0.39, 0.29) is 11.8 Å². The Kier molecular flexibility index (Phi) is 4.61. The normalized spacial score (nSPS) is 15.5. The molecule has 2 rings (SSSR count). The summed E-state index contributed by atoms with van der Waals surface area (Å²) in [5.74, 6) is 0.0153. The van der Waals surface area contributed by atoms with E-state index in [1.807, 2.05) is 32.0 Å². The minimum absolute atomic E-state index is 0.00190. The van der Waals surface area contributed by atoms with Crippen molar-refractivity contribution in [1.82, 2.24) is 10.2 Å². The van der Waals surface area contributed by atoms with Crippen molar-refractivity contribution in [3.05, 3.63) is 29.3 Å². The van der Waals surface area contributed by atoms with Gasteiger partial charge in [-0.2, -0.15) is 0 Å². The largest absolute Gasteiger partial charge is 0.385 e. The van der Waals surface area contributed by atoms with Crippen LogP contribution in [0, 0.1) is 6.92 Å². The third-order valence-electron chi connectivity index (χ3n) is 3.44. The summed E-state index contributed by atoms with van der Waals surface area (Å²) in [6.45, 7) is 6.41. The molecule has 0 spiro atoms. The molecule has 2 amide bonds. The molecule has 1 aliphatic heterocycles. The predicted molar refractivity (Wildman–Crippen MR) is 78.9 cm³/mol. The lowest BCUT2D eigenvalue weighted by molar-refractivity contribution is -0.120. The average Bonchev–Trinajstić information content (AvgIpc) is 2.63. The van der Waals surface area contributed by atoms with Crippen molar-refractivity contribution in [2.24, 2.45) is 0 Å². The molecule has 0 aliphatic carbocycles. The number of carbonyl (C=O) groups excluding carboxylic acids is 2. The third-order valence-corrected chi connectivity index (χ3v) is 3.44. The molecule has 5 nitrogen and oxygen atoms in total. The molecule has 0 atom stereocenters. The third kappa shape index (κ3) is 3.29. The van der Waals surface area contributed by atoms with Crippen LogP contribution in [-0.2, 0) is 4.79 Å². The van der Waals surface area contributed by atoms with Crippen LogP contribution in [0.5, 0.6) is 0 Å². The van der Waals surface area contributed by atoms with Crippen molar-refractivity contribution < 1.29 is 9.59 Å². The van der Waals surface area contributed by atoms with E-state index in [1.165, 1.54) is 0 Å². The lowest BCUT2D eigenvalue weighted by Gasteiger charge is -2.21. The SMILES string of the molecule is CCNc1ccc(C(=O)N2CCNC(=O)CC2)c(C)c1. The highest BCUT2D eigenvalue weighted by molar-refractivity contribution is 5.96. The first-order chi connectivity index (χ1) is 9.61. The fraction of sp³-hybridized carbons (Fsp3) is 0.467. The first-order valence-corrected chi connectivity index (χ1v) is 7.02. The van der Waals surface area contributed by atoms with Gasteiger partial charge in [0, 0.05) is 43.9 Å². The summed E-state index contributed by atoms with van der Waals surface area (Å²) in [6.07, 6.45) is 0.375. The Bertz CT molecular complexity index is 514. The molecular weight excluding hydrogens is 254 g/mol. The van der Waals surface area contributed by atoms with Crippen molar-refractivity contribution in [1.29, 1.82) is 0 Å². The quantitative estimate of drug-likeness (QED) is 0.876. The molecule has 2 N–H and O–H groups in total. The van der Waals surface area contributed by atoms with Gasteiger partial charge in [0.05, 0.1) is 0 Å². The highest BCUT2D eigenvalue weighted by atomic mass is 16.2. The Labute approximate surface area is 119 Å². The van der Waals surface area contributed by atoms with Crippen LogP contribution < -0.4 is 10.6 Å². The number of aryl methyl sites for hydroxylation is 1. The van der Waals surface area contributed by atoms with Gasteiger partial charge in [0.25, 0.3) is 5.91 Å². The van der Waals surface area contributed by atoms with Crippen LogP contribution in [-0.4, -0.2) is 42.9 Å². The summed E-state index contributed by atoms with van der Waals surface area (Å²) in [5, 5.41) is 6.01. The van der Waals surface area contributed by atoms with Crippen molar-refractivity contribution in [3.63, 3.8) is 0 Å². The number of hydrogen-bond acceptors (Lipinski definition) is 3. The molecule has 0 radical (unpaired) electrons. The van der Waals surface area contributed by atoms with Gasteiger partial charge in [-0.05, 0) is 37.6 Å². The monoisotopic (exact) mass is 275 g/mol. The van der Waals surface area contributed by atoms with E-state index in [9.17, 15) is 9.59 Å². The van der Waals surface area contributed by atoms with Gasteiger partial charge in [0.15, 0.2) is 0 Å². The molecule has 20 heavy (non-hydrogen) atoms. The second kappa shape index (κ2) is 6.41. The minimum atomic E-state index is 0.00190. The summed E-state index contributed by atoms with van der Waals surface area (Å²) in [6, 6.07) is 5.76. The van der Waals surface area contributed by atoms with Gasteiger partial charge in [0.1, 0.15) is 0 Å². The standard InChI is InChI=1S/C15H21N3O2/c1-3-16-12-4-5-13(11(2)10-12)15(20)18-8-6-14(19)17-7-9-18/h4-5,10,16H,3,6-9H2,1-2H3,(H,17,19). The lowest BCUT2D eigenvalue weighted by Crippen LogP contribution is -2.34. The van der Waals surface area contributed by atoms with Gasteiger partial charge in [-0.3, -0.25) is 9.59 Å². The summed E-state index contributed by atoms with van der Waals surface area (Å²) in [4.78, 5) is 25.6. The zero-order chi connectivity index (χ0) is 14.5. The van der Waals surface area contributed by atoms with E-state index in [0.717, 1.165) is 17.8 Å². The maximum Gasteiger partial charge on any atom is 0.254 e. The molecule has 108 valence electrons. The van der Waals surface area contributed by atoms with Crippen LogP contribution in [0.4, 0.5) is 5.69 Å². The summed E-state index contributed by atoms with van der Waals surface area (Å²) in [5.41, 5.74) is 2.69. The summed E-state index contributed by atoms with van der Waals surface area (Å²) in [7, 11) is 0. The Morgan fingerprint density at radius 1 is 1.40 bits per heavy atom. The zero-order valence-corrected chi connectivity index (χ0v) is 12.0. The number of rotatable bonds is 3. The van der Waals surface area contributed by atoms with E-state index >= 15 is 0 Å². The number of anilines is 1. The number of nitrogens with one attached hydrogen (secondary N) is 2. The molecule has 0 bridgehead atoms. The maximum atomic E-state index is 12.5. The van der Waals surface area contributed by atoms with E-state index in [2.05, 4.69) is 10.6 Å². The first kappa shape index (κ1) is 14.4. The molecule has 1 aliphatic rings. The molecule has 1 fully saturated rings. The van der Waals surface area contributed by atoms with Gasteiger partial charge in [-0.1, -0.05) is 0 Å². The maximum absolute atomic E-state index is 12.5.